The molecule has 1 amide bonds. The van der Waals surface area contributed by atoms with Crippen LogP contribution in [0.3, 0.4) is 0 Å². The molecule has 0 spiro atoms. The van der Waals surface area contributed by atoms with Crippen LogP contribution < -0.4 is 14.8 Å². The number of carbonyl (C=O) groups is 1. The van der Waals surface area contributed by atoms with Crippen LogP contribution in [0.2, 0.25) is 0 Å². The first-order valence-electron chi connectivity index (χ1n) is 7.38. The number of hydrogen-bond acceptors (Lipinski definition) is 5. The molecule has 0 saturated heterocycles. The van der Waals surface area contributed by atoms with Crippen LogP contribution in [-0.4, -0.2) is 39.4 Å². The molecular formula is C17H21BrN2O4. The van der Waals surface area contributed by atoms with Gasteiger partial charge in [0.25, 0.3) is 5.91 Å². The highest BCUT2D eigenvalue weighted by Crippen LogP contribution is 2.37. The minimum Gasteiger partial charge on any atom is -0.492 e. The quantitative estimate of drug-likeness (QED) is 0.539. The van der Waals surface area contributed by atoms with Crippen molar-refractivity contribution in [2.45, 2.75) is 19.9 Å². The fourth-order valence-corrected chi connectivity index (χ4v) is 2.66. The maximum Gasteiger partial charge on any atom is 0.262 e. The Hall–Kier alpha value is -2.04. The molecular weight excluding hydrogens is 376 g/mol. The summed E-state index contributed by atoms with van der Waals surface area (Å²) in [6.07, 6.45) is 1.50. The van der Waals surface area contributed by atoms with Gasteiger partial charge in [0.1, 0.15) is 11.6 Å². The number of methoxy groups -OCH3 is 2. The van der Waals surface area contributed by atoms with E-state index in [2.05, 4.69) is 21.2 Å². The van der Waals surface area contributed by atoms with Crippen LogP contribution in [0.25, 0.3) is 6.08 Å². The van der Waals surface area contributed by atoms with Gasteiger partial charge < -0.3 is 19.5 Å². The van der Waals surface area contributed by atoms with Gasteiger partial charge in [0.2, 0.25) is 0 Å². The average molecular weight is 397 g/mol. The van der Waals surface area contributed by atoms with Crippen molar-refractivity contribution in [3.8, 4) is 17.6 Å². The maximum absolute atomic E-state index is 12.2. The number of rotatable bonds is 8. The molecule has 0 aliphatic rings. The summed E-state index contributed by atoms with van der Waals surface area (Å²) < 4.78 is 16.5. The number of hydrogen-bond donors (Lipinski definition) is 1. The molecule has 0 aliphatic carbocycles. The van der Waals surface area contributed by atoms with E-state index >= 15 is 0 Å². The van der Waals surface area contributed by atoms with Gasteiger partial charge in [-0.1, -0.05) is 0 Å². The lowest BCUT2D eigenvalue weighted by Crippen LogP contribution is -2.36. The summed E-state index contributed by atoms with van der Waals surface area (Å²) in [7, 11) is 3.09. The van der Waals surface area contributed by atoms with Crippen LogP contribution >= 0.6 is 15.9 Å². The lowest BCUT2D eigenvalue weighted by molar-refractivity contribution is -0.117. The van der Waals surface area contributed by atoms with Gasteiger partial charge in [-0.2, -0.15) is 5.26 Å². The number of amides is 1. The summed E-state index contributed by atoms with van der Waals surface area (Å²) in [5, 5.41) is 12.0. The predicted molar refractivity (Wildman–Crippen MR) is 94.9 cm³/mol. The third-order valence-corrected chi connectivity index (χ3v) is 3.60. The van der Waals surface area contributed by atoms with Crippen molar-refractivity contribution in [2.24, 2.45) is 0 Å². The van der Waals surface area contributed by atoms with Crippen molar-refractivity contribution in [3.05, 3.63) is 27.7 Å². The zero-order valence-electron chi connectivity index (χ0n) is 14.2. The van der Waals surface area contributed by atoms with E-state index in [0.717, 1.165) is 0 Å². The van der Waals surface area contributed by atoms with Crippen LogP contribution in [0.1, 0.15) is 19.4 Å². The molecule has 0 aliphatic heterocycles. The fourth-order valence-electron chi connectivity index (χ4n) is 2.04. The Morgan fingerprint density at radius 3 is 2.71 bits per heavy atom. The van der Waals surface area contributed by atoms with Gasteiger partial charge in [-0.05, 0) is 53.5 Å². The van der Waals surface area contributed by atoms with Gasteiger partial charge in [-0.3, -0.25) is 4.79 Å². The summed E-state index contributed by atoms with van der Waals surface area (Å²) >= 11 is 3.40. The van der Waals surface area contributed by atoms with E-state index in [9.17, 15) is 10.1 Å². The van der Waals surface area contributed by atoms with Crippen molar-refractivity contribution in [3.63, 3.8) is 0 Å². The minimum atomic E-state index is -0.452. The lowest BCUT2D eigenvalue weighted by Gasteiger charge is -2.13. The van der Waals surface area contributed by atoms with Gasteiger partial charge >= 0.3 is 0 Å². The Morgan fingerprint density at radius 2 is 2.17 bits per heavy atom. The van der Waals surface area contributed by atoms with Crippen molar-refractivity contribution in [2.75, 3.05) is 27.4 Å². The molecule has 24 heavy (non-hydrogen) atoms. The Morgan fingerprint density at radius 1 is 1.46 bits per heavy atom. The van der Waals surface area contributed by atoms with Crippen LogP contribution in [0.4, 0.5) is 0 Å². The molecule has 7 heteroatoms. The number of nitrogens with one attached hydrogen (secondary N) is 1. The molecule has 130 valence electrons. The van der Waals surface area contributed by atoms with Crippen LogP contribution in [0, 0.1) is 11.3 Å². The van der Waals surface area contributed by atoms with Crippen molar-refractivity contribution in [1.82, 2.24) is 5.32 Å². The summed E-state index contributed by atoms with van der Waals surface area (Å²) in [5.41, 5.74) is 0.648. The standard InChI is InChI=1S/C17H21BrN2O4/c1-5-24-15-8-12(7-14(18)16(15)23-4)6-13(9-19)17(21)20-11(2)10-22-3/h6-8,11H,5,10H2,1-4H3,(H,20,21)/b13-6+/t11-/m0/s1. The normalized spacial score (nSPS) is 12.2. The van der Waals surface area contributed by atoms with E-state index in [1.165, 1.54) is 6.08 Å². The number of carbonyl (C=O) groups excluding carboxylic acids is 1. The monoisotopic (exact) mass is 396 g/mol. The maximum atomic E-state index is 12.2. The summed E-state index contributed by atoms with van der Waals surface area (Å²) in [6.45, 7) is 4.50. The molecule has 0 saturated carbocycles. The molecule has 0 fully saturated rings. The van der Waals surface area contributed by atoms with Gasteiger partial charge in [0.05, 0.1) is 24.8 Å². The molecule has 0 unspecified atom stereocenters. The number of benzene rings is 1. The van der Waals surface area contributed by atoms with Crippen molar-refractivity contribution < 1.29 is 19.0 Å². The first-order valence-corrected chi connectivity index (χ1v) is 8.18. The minimum absolute atomic E-state index is 0.00234. The van der Waals surface area contributed by atoms with Crippen molar-refractivity contribution >= 4 is 27.9 Å². The average Bonchev–Trinajstić information content (AvgIpc) is 2.52. The van der Waals surface area contributed by atoms with Crippen LogP contribution in [0.5, 0.6) is 11.5 Å². The Kier molecular flexibility index (Phi) is 8.30. The highest BCUT2D eigenvalue weighted by Gasteiger charge is 2.15. The Bertz CT molecular complexity index is 653. The molecule has 6 nitrogen and oxygen atoms in total. The lowest BCUT2D eigenvalue weighted by atomic mass is 10.1. The number of ether oxygens (including phenoxy) is 3. The summed E-state index contributed by atoms with van der Waals surface area (Å²) in [4.78, 5) is 12.2. The second-order valence-electron chi connectivity index (χ2n) is 4.97. The molecule has 0 radical (unpaired) electrons. The van der Waals surface area contributed by atoms with E-state index in [0.29, 0.717) is 34.7 Å². The van der Waals surface area contributed by atoms with E-state index in [1.54, 1.807) is 33.3 Å². The SMILES string of the molecule is CCOc1cc(/C=C(\C#N)C(=O)N[C@@H](C)COC)cc(Br)c1OC. The van der Waals surface area contributed by atoms with Gasteiger partial charge in [-0.25, -0.2) is 0 Å². The first kappa shape index (κ1) is 20.0. The van der Waals surface area contributed by atoms with E-state index < -0.39 is 5.91 Å². The summed E-state index contributed by atoms with van der Waals surface area (Å²) in [6, 6.07) is 5.20. The zero-order valence-corrected chi connectivity index (χ0v) is 15.8. The van der Waals surface area contributed by atoms with E-state index in [-0.39, 0.29) is 11.6 Å². The first-order chi connectivity index (χ1) is 11.5. The number of halogens is 1. The highest BCUT2D eigenvalue weighted by molar-refractivity contribution is 9.10. The Labute approximate surface area is 150 Å². The second kappa shape index (κ2) is 9.96. The molecule has 0 heterocycles. The fraction of sp³-hybridized carbons (Fsp3) is 0.412. The number of nitrogens with zero attached hydrogens (tertiary/aromatic N) is 1. The molecule has 1 N–H and O–H groups in total. The largest absolute Gasteiger partial charge is 0.492 e. The van der Waals surface area contributed by atoms with E-state index in [4.69, 9.17) is 14.2 Å². The highest BCUT2D eigenvalue weighted by atomic mass is 79.9. The van der Waals surface area contributed by atoms with Crippen LogP contribution in [0.15, 0.2) is 22.2 Å². The van der Waals surface area contributed by atoms with Gasteiger partial charge in [0, 0.05) is 13.2 Å². The molecule has 1 aromatic carbocycles. The molecule has 0 aromatic heterocycles. The molecule has 1 aromatic rings. The topological polar surface area (TPSA) is 80.6 Å². The predicted octanol–water partition coefficient (Wildman–Crippen LogP) is 2.91. The second-order valence-corrected chi connectivity index (χ2v) is 5.82. The Balaban J connectivity index is 3.12. The number of nitriles is 1. The zero-order chi connectivity index (χ0) is 18.1. The van der Waals surface area contributed by atoms with Gasteiger partial charge in [-0.15, -0.1) is 0 Å². The molecule has 1 atom stereocenters. The third kappa shape index (κ3) is 5.55. The smallest absolute Gasteiger partial charge is 0.262 e. The summed E-state index contributed by atoms with van der Waals surface area (Å²) in [5.74, 6) is 0.642. The van der Waals surface area contributed by atoms with Crippen molar-refractivity contribution in [1.29, 1.82) is 5.26 Å². The van der Waals surface area contributed by atoms with E-state index in [1.807, 2.05) is 13.0 Å². The third-order valence-electron chi connectivity index (χ3n) is 3.01. The molecule has 1 rings (SSSR count). The van der Waals surface area contributed by atoms with Crippen LogP contribution in [-0.2, 0) is 9.53 Å². The van der Waals surface area contributed by atoms with Gasteiger partial charge in [0.15, 0.2) is 11.5 Å². The molecule has 0 bridgehead atoms.